The highest BCUT2D eigenvalue weighted by Gasteiger charge is 2.06. The largest absolute Gasteiger partial charge is 0.317 e. The van der Waals surface area contributed by atoms with Gasteiger partial charge in [-0.1, -0.05) is 6.92 Å². The van der Waals surface area contributed by atoms with Gasteiger partial charge < -0.3 is 10.2 Å². The predicted molar refractivity (Wildman–Crippen MR) is 48.8 cm³/mol. The molecule has 0 atom stereocenters. The molecular formula is C9H20N2. The zero-order valence-electron chi connectivity index (χ0n) is 7.60. The monoisotopic (exact) mass is 156 g/mol. The number of rotatable bonds is 1. The molecule has 0 aromatic heterocycles. The van der Waals surface area contributed by atoms with Gasteiger partial charge in [-0.25, -0.2) is 0 Å². The summed E-state index contributed by atoms with van der Waals surface area (Å²) in [4.78, 5) is 2.49. The van der Waals surface area contributed by atoms with E-state index in [1.807, 2.05) is 0 Å². The molecule has 2 rings (SSSR count). The van der Waals surface area contributed by atoms with Crippen molar-refractivity contribution in [3.05, 3.63) is 0 Å². The first-order valence-corrected chi connectivity index (χ1v) is 4.86. The number of nitrogens with one attached hydrogen (secondary N) is 1. The van der Waals surface area contributed by atoms with E-state index in [-0.39, 0.29) is 0 Å². The zero-order chi connectivity index (χ0) is 7.94. The van der Waals surface area contributed by atoms with Gasteiger partial charge in [0.05, 0.1) is 0 Å². The summed E-state index contributed by atoms with van der Waals surface area (Å²) >= 11 is 0. The van der Waals surface area contributed by atoms with E-state index in [1.165, 1.54) is 52.0 Å². The van der Waals surface area contributed by atoms with Crippen LogP contribution in [0.25, 0.3) is 0 Å². The molecular weight excluding hydrogens is 136 g/mol. The Morgan fingerprint density at radius 1 is 1.09 bits per heavy atom. The number of hydrogen-bond acceptors (Lipinski definition) is 2. The van der Waals surface area contributed by atoms with Crippen LogP contribution in [0.1, 0.15) is 26.2 Å². The lowest BCUT2D eigenvalue weighted by atomic mass is 10.3. The molecule has 11 heavy (non-hydrogen) atoms. The summed E-state index contributed by atoms with van der Waals surface area (Å²) < 4.78 is 0. The quantitative estimate of drug-likeness (QED) is 0.611. The van der Waals surface area contributed by atoms with E-state index in [0.29, 0.717) is 0 Å². The standard InChI is InChI=1S/C6H13N.C3H7N/c1-2-7-5-3-4-6-7;1-2-4-3-1/h2-6H2,1H3;4H,1-3H2. The van der Waals surface area contributed by atoms with Gasteiger partial charge in [0.2, 0.25) is 0 Å². The van der Waals surface area contributed by atoms with Gasteiger partial charge in [0.1, 0.15) is 0 Å². The lowest BCUT2D eigenvalue weighted by molar-refractivity contribution is 0.359. The minimum absolute atomic E-state index is 1.25. The van der Waals surface area contributed by atoms with Crippen LogP contribution in [0, 0.1) is 0 Å². The predicted octanol–water partition coefficient (Wildman–Crippen LogP) is 1.08. The summed E-state index contributed by atoms with van der Waals surface area (Å²) in [5.74, 6) is 0. The highest BCUT2D eigenvalue weighted by atomic mass is 15.1. The molecule has 2 fully saturated rings. The molecule has 2 nitrogen and oxygen atoms in total. The summed E-state index contributed by atoms with van der Waals surface area (Å²) in [6.07, 6.45) is 4.24. The summed E-state index contributed by atoms with van der Waals surface area (Å²) in [7, 11) is 0. The molecule has 2 saturated heterocycles. The van der Waals surface area contributed by atoms with Gasteiger partial charge in [-0.3, -0.25) is 0 Å². The van der Waals surface area contributed by atoms with Crippen molar-refractivity contribution in [1.82, 2.24) is 10.2 Å². The van der Waals surface area contributed by atoms with Crippen LogP contribution in [0.4, 0.5) is 0 Å². The fourth-order valence-corrected chi connectivity index (χ4v) is 1.28. The van der Waals surface area contributed by atoms with E-state index in [0.717, 1.165) is 0 Å². The third-order valence-electron chi connectivity index (χ3n) is 2.35. The maximum absolute atomic E-state index is 3.11. The van der Waals surface area contributed by atoms with Crippen LogP contribution in [0.5, 0.6) is 0 Å². The Labute approximate surface area is 70.0 Å². The zero-order valence-corrected chi connectivity index (χ0v) is 7.60. The molecule has 66 valence electrons. The maximum Gasteiger partial charge on any atom is -0.00184 e. The molecule has 0 spiro atoms. The Balaban J connectivity index is 0.000000128. The first-order chi connectivity index (χ1) is 5.43. The highest BCUT2D eigenvalue weighted by molar-refractivity contribution is 4.62. The van der Waals surface area contributed by atoms with Crippen LogP contribution in [-0.2, 0) is 0 Å². The maximum atomic E-state index is 3.11. The van der Waals surface area contributed by atoms with E-state index in [2.05, 4.69) is 17.1 Å². The average molecular weight is 156 g/mol. The Morgan fingerprint density at radius 3 is 1.73 bits per heavy atom. The smallest absolute Gasteiger partial charge is 0.00184 e. The van der Waals surface area contributed by atoms with Gasteiger partial charge >= 0.3 is 0 Å². The van der Waals surface area contributed by atoms with Crippen LogP contribution in [0.3, 0.4) is 0 Å². The van der Waals surface area contributed by atoms with E-state index in [9.17, 15) is 0 Å². The fraction of sp³-hybridized carbons (Fsp3) is 1.00. The summed E-state index contributed by atoms with van der Waals surface area (Å²) in [5, 5.41) is 3.11. The molecule has 0 aromatic rings. The Morgan fingerprint density at radius 2 is 1.55 bits per heavy atom. The van der Waals surface area contributed by atoms with Gasteiger partial charge in [0.15, 0.2) is 0 Å². The van der Waals surface area contributed by atoms with Crippen molar-refractivity contribution in [1.29, 1.82) is 0 Å². The highest BCUT2D eigenvalue weighted by Crippen LogP contribution is 2.04. The lowest BCUT2D eigenvalue weighted by Gasteiger charge is -2.09. The molecule has 0 aromatic carbocycles. The van der Waals surface area contributed by atoms with Crippen molar-refractivity contribution in [2.75, 3.05) is 32.7 Å². The van der Waals surface area contributed by atoms with Gasteiger partial charge in [-0.2, -0.15) is 0 Å². The molecule has 0 radical (unpaired) electrons. The van der Waals surface area contributed by atoms with Gasteiger partial charge in [-0.15, -0.1) is 0 Å². The number of hydrogen-bond donors (Lipinski definition) is 1. The fourth-order valence-electron chi connectivity index (χ4n) is 1.28. The molecule has 0 aliphatic carbocycles. The second kappa shape index (κ2) is 5.56. The van der Waals surface area contributed by atoms with Crippen LogP contribution in [0.15, 0.2) is 0 Å². The van der Waals surface area contributed by atoms with Crippen LogP contribution in [0.2, 0.25) is 0 Å². The molecule has 2 heterocycles. The SMILES string of the molecule is C1CNC1.CCN1CCCC1. The number of nitrogens with zero attached hydrogens (tertiary/aromatic N) is 1. The van der Waals surface area contributed by atoms with Crippen molar-refractivity contribution in [2.45, 2.75) is 26.2 Å². The van der Waals surface area contributed by atoms with Gasteiger partial charge in [0, 0.05) is 0 Å². The van der Waals surface area contributed by atoms with Crippen LogP contribution in [-0.4, -0.2) is 37.6 Å². The second-order valence-electron chi connectivity index (χ2n) is 3.24. The third-order valence-corrected chi connectivity index (χ3v) is 2.35. The third kappa shape index (κ3) is 3.73. The van der Waals surface area contributed by atoms with Crippen LogP contribution >= 0.6 is 0 Å². The van der Waals surface area contributed by atoms with E-state index in [4.69, 9.17) is 0 Å². The molecule has 0 bridgehead atoms. The molecule has 2 aliphatic rings. The summed E-state index contributed by atoms with van der Waals surface area (Å²) in [5.41, 5.74) is 0. The average Bonchev–Trinajstić information content (AvgIpc) is 2.33. The number of likely N-dealkylation sites (tertiary alicyclic amines) is 1. The van der Waals surface area contributed by atoms with Crippen molar-refractivity contribution in [3.8, 4) is 0 Å². The molecule has 2 aliphatic heterocycles. The minimum atomic E-state index is 1.25. The van der Waals surface area contributed by atoms with Gasteiger partial charge in [0.25, 0.3) is 0 Å². The van der Waals surface area contributed by atoms with E-state index in [1.54, 1.807) is 0 Å². The topological polar surface area (TPSA) is 15.3 Å². The van der Waals surface area contributed by atoms with Crippen molar-refractivity contribution >= 4 is 0 Å². The molecule has 1 N–H and O–H groups in total. The minimum Gasteiger partial charge on any atom is -0.317 e. The Bertz CT molecular complexity index is 79.6. The molecule has 0 unspecified atom stereocenters. The second-order valence-corrected chi connectivity index (χ2v) is 3.24. The van der Waals surface area contributed by atoms with Crippen molar-refractivity contribution in [3.63, 3.8) is 0 Å². The first-order valence-electron chi connectivity index (χ1n) is 4.86. The first kappa shape index (κ1) is 9.01. The molecule has 2 heteroatoms. The van der Waals surface area contributed by atoms with Crippen molar-refractivity contribution < 1.29 is 0 Å². The Kier molecular flexibility index (Phi) is 4.55. The lowest BCUT2D eigenvalue weighted by Crippen LogP contribution is -2.29. The summed E-state index contributed by atoms with van der Waals surface area (Å²) in [6, 6.07) is 0. The molecule has 0 amide bonds. The van der Waals surface area contributed by atoms with Crippen molar-refractivity contribution in [2.24, 2.45) is 0 Å². The van der Waals surface area contributed by atoms with E-state index >= 15 is 0 Å². The Hall–Kier alpha value is -0.0800. The van der Waals surface area contributed by atoms with Crippen LogP contribution < -0.4 is 5.32 Å². The van der Waals surface area contributed by atoms with E-state index < -0.39 is 0 Å². The normalized spacial score (nSPS) is 23.7. The molecule has 0 saturated carbocycles. The summed E-state index contributed by atoms with van der Waals surface area (Å²) in [6.45, 7) is 8.66. The van der Waals surface area contributed by atoms with Gasteiger partial charge in [-0.05, 0) is 52.0 Å².